The van der Waals surface area contributed by atoms with E-state index >= 15 is 0 Å². The maximum atomic E-state index is 13.3. The van der Waals surface area contributed by atoms with E-state index in [0.717, 1.165) is 12.1 Å². The lowest BCUT2D eigenvalue weighted by atomic mass is 10.2. The van der Waals surface area contributed by atoms with Crippen LogP contribution in [0.2, 0.25) is 51.4 Å². The van der Waals surface area contributed by atoms with Gasteiger partial charge < -0.3 is 19.4 Å². The van der Waals surface area contributed by atoms with E-state index in [1.165, 1.54) is 6.20 Å². The molecule has 3 rings (SSSR count). The number of alkyl halides is 3. The standard InChI is InChI=1S/C28H41F3N6O3Si2/c1-41(2,3)15-13-39-20-36-12-11-33-26(36)27-35-19-24(37(27)21-40-14-16-42(4,5)6)23(17-25(38)28(29,30)31)34-18-22-9-7-8-10-32-22/h7-12,17,19,34H,13-16,18,20-21H2,1-6H3/b23-17-. The lowest BCUT2D eigenvalue weighted by molar-refractivity contribution is -0.165. The molecule has 14 heteroatoms. The van der Waals surface area contributed by atoms with Crippen LogP contribution in [0.5, 0.6) is 0 Å². The van der Waals surface area contributed by atoms with Crippen LogP contribution in [0.4, 0.5) is 13.2 Å². The van der Waals surface area contributed by atoms with Crippen LogP contribution < -0.4 is 5.32 Å². The van der Waals surface area contributed by atoms with Gasteiger partial charge >= 0.3 is 6.18 Å². The fourth-order valence-corrected chi connectivity index (χ4v) is 5.23. The van der Waals surface area contributed by atoms with E-state index in [9.17, 15) is 18.0 Å². The molecule has 0 fully saturated rings. The first-order valence-electron chi connectivity index (χ1n) is 13.8. The van der Waals surface area contributed by atoms with Gasteiger partial charge in [0, 0.05) is 54.0 Å². The first-order chi connectivity index (χ1) is 19.6. The smallest absolute Gasteiger partial charge is 0.378 e. The largest absolute Gasteiger partial charge is 0.454 e. The number of ketones is 1. The van der Waals surface area contributed by atoms with Gasteiger partial charge in [0.05, 0.1) is 29.8 Å². The maximum absolute atomic E-state index is 13.3. The summed E-state index contributed by atoms with van der Waals surface area (Å²) in [6, 6.07) is 7.15. The summed E-state index contributed by atoms with van der Waals surface area (Å²) in [4.78, 5) is 25.3. The van der Waals surface area contributed by atoms with Gasteiger partial charge in [-0.3, -0.25) is 14.3 Å². The third-order valence-electron chi connectivity index (χ3n) is 6.23. The van der Waals surface area contributed by atoms with Crippen molar-refractivity contribution in [1.82, 2.24) is 29.4 Å². The molecule has 0 bridgehead atoms. The van der Waals surface area contributed by atoms with Gasteiger partial charge in [0.1, 0.15) is 13.5 Å². The highest BCUT2D eigenvalue weighted by Gasteiger charge is 2.37. The molecule has 3 heterocycles. The number of nitrogens with zero attached hydrogens (tertiary/aromatic N) is 5. The van der Waals surface area contributed by atoms with Crippen LogP contribution in [0.3, 0.4) is 0 Å². The Hall–Kier alpha value is -3.08. The minimum absolute atomic E-state index is 0.00129. The number of carbonyl (C=O) groups excluding carboxylic acids is 1. The van der Waals surface area contributed by atoms with Crippen LogP contribution in [0, 0.1) is 0 Å². The topological polar surface area (TPSA) is 96.1 Å². The number of hydrogen-bond donors (Lipinski definition) is 1. The number of allylic oxidation sites excluding steroid dienone is 1. The molecule has 0 saturated heterocycles. The Morgan fingerprint density at radius 1 is 0.929 bits per heavy atom. The Labute approximate surface area is 247 Å². The van der Waals surface area contributed by atoms with Crippen molar-refractivity contribution in [1.29, 1.82) is 0 Å². The van der Waals surface area contributed by atoms with Crippen LogP contribution >= 0.6 is 0 Å². The zero-order chi connectivity index (χ0) is 31.0. The molecule has 3 aromatic rings. The average Bonchev–Trinajstić information content (AvgIpc) is 3.52. The van der Waals surface area contributed by atoms with Gasteiger partial charge in [-0.2, -0.15) is 13.2 Å². The number of pyridine rings is 1. The molecule has 0 atom stereocenters. The molecule has 0 spiro atoms. The molecule has 230 valence electrons. The Morgan fingerprint density at radius 3 is 2.19 bits per heavy atom. The Balaban J connectivity index is 1.98. The molecule has 0 amide bonds. The van der Waals surface area contributed by atoms with E-state index in [1.54, 1.807) is 45.9 Å². The number of ether oxygens (including phenoxy) is 2. The van der Waals surface area contributed by atoms with Crippen LogP contribution in [0.25, 0.3) is 17.3 Å². The van der Waals surface area contributed by atoms with Gasteiger partial charge in [0.25, 0.3) is 5.78 Å². The molecule has 9 nitrogen and oxygen atoms in total. The van der Waals surface area contributed by atoms with Crippen LogP contribution in [-0.4, -0.2) is 65.4 Å². The fraction of sp³-hybridized carbons (Fsp3) is 0.500. The summed E-state index contributed by atoms with van der Waals surface area (Å²) in [5.74, 6) is -1.15. The summed E-state index contributed by atoms with van der Waals surface area (Å²) in [5.41, 5.74) is 0.785. The highest BCUT2D eigenvalue weighted by atomic mass is 28.3. The van der Waals surface area contributed by atoms with E-state index < -0.39 is 28.1 Å². The minimum atomic E-state index is -5.04. The number of imidazole rings is 2. The van der Waals surface area contributed by atoms with Gasteiger partial charge in [-0.05, 0) is 24.2 Å². The zero-order valence-electron chi connectivity index (χ0n) is 25.2. The van der Waals surface area contributed by atoms with E-state index in [-0.39, 0.29) is 31.4 Å². The Kier molecular flexibility index (Phi) is 11.5. The van der Waals surface area contributed by atoms with E-state index in [4.69, 9.17) is 9.47 Å². The molecular weight excluding hydrogens is 582 g/mol. The highest BCUT2D eigenvalue weighted by Crippen LogP contribution is 2.25. The summed E-state index contributed by atoms with van der Waals surface area (Å²) in [5, 5.41) is 2.96. The van der Waals surface area contributed by atoms with Crippen molar-refractivity contribution in [3.05, 3.63) is 60.5 Å². The summed E-state index contributed by atoms with van der Waals surface area (Å²) < 4.78 is 55.4. The van der Waals surface area contributed by atoms with Crippen LogP contribution in [0.15, 0.2) is 49.1 Å². The van der Waals surface area contributed by atoms with E-state index in [1.807, 2.05) is 0 Å². The lowest BCUT2D eigenvalue weighted by Gasteiger charge is -2.19. The second kappa shape index (κ2) is 14.4. The van der Waals surface area contributed by atoms with Gasteiger partial charge in [0.2, 0.25) is 0 Å². The van der Waals surface area contributed by atoms with Crippen LogP contribution in [0.1, 0.15) is 11.4 Å². The molecule has 0 aliphatic heterocycles. The zero-order valence-corrected chi connectivity index (χ0v) is 27.2. The second-order valence-electron chi connectivity index (χ2n) is 12.4. The Bertz CT molecular complexity index is 1330. The predicted octanol–water partition coefficient (Wildman–Crippen LogP) is 6.03. The monoisotopic (exact) mass is 622 g/mol. The van der Waals surface area contributed by atoms with Gasteiger partial charge in [-0.15, -0.1) is 0 Å². The van der Waals surface area contributed by atoms with Crippen molar-refractivity contribution >= 4 is 27.6 Å². The third-order valence-corrected chi connectivity index (χ3v) is 9.64. The third kappa shape index (κ3) is 10.6. The normalized spacial score (nSPS) is 13.0. The van der Waals surface area contributed by atoms with E-state index in [0.29, 0.717) is 36.6 Å². The first kappa shape index (κ1) is 33.4. The predicted molar refractivity (Wildman–Crippen MR) is 162 cm³/mol. The maximum Gasteiger partial charge on any atom is 0.454 e. The summed E-state index contributed by atoms with van der Waals surface area (Å²) in [6.07, 6.45) is 1.89. The summed E-state index contributed by atoms with van der Waals surface area (Å²) in [7, 11) is -2.67. The lowest BCUT2D eigenvalue weighted by Crippen LogP contribution is -2.24. The number of rotatable bonds is 16. The Morgan fingerprint density at radius 2 is 1.60 bits per heavy atom. The van der Waals surface area contributed by atoms with Crippen molar-refractivity contribution in [2.45, 2.75) is 77.6 Å². The molecule has 0 aliphatic rings. The van der Waals surface area contributed by atoms with Crippen molar-refractivity contribution in [3.8, 4) is 11.6 Å². The molecular formula is C28H41F3N6O3Si2. The van der Waals surface area contributed by atoms with Gasteiger partial charge in [-0.25, -0.2) is 9.97 Å². The molecule has 0 radical (unpaired) electrons. The van der Waals surface area contributed by atoms with Crippen molar-refractivity contribution in [2.24, 2.45) is 0 Å². The number of hydrogen-bond acceptors (Lipinski definition) is 7. The fourth-order valence-electron chi connectivity index (χ4n) is 3.71. The number of carbonyl (C=O) groups is 1. The number of nitrogens with one attached hydrogen (secondary N) is 1. The highest BCUT2D eigenvalue weighted by molar-refractivity contribution is 6.76. The summed E-state index contributed by atoms with van der Waals surface area (Å²) >= 11 is 0. The molecule has 0 unspecified atom stereocenters. The molecule has 3 aromatic heterocycles. The molecule has 0 aromatic carbocycles. The van der Waals surface area contributed by atoms with Crippen molar-refractivity contribution in [2.75, 3.05) is 13.2 Å². The van der Waals surface area contributed by atoms with Crippen molar-refractivity contribution < 1.29 is 27.4 Å². The second-order valence-corrected chi connectivity index (χ2v) is 23.6. The number of aromatic nitrogens is 5. The van der Waals surface area contributed by atoms with Crippen LogP contribution in [-0.2, 0) is 34.3 Å². The first-order valence-corrected chi connectivity index (χ1v) is 21.2. The average molecular weight is 623 g/mol. The molecule has 0 aliphatic carbocycles. The van der Waals surface area contributed by atoms with E-state index in [2.05, 4.69) is 59.6 Å². The molecule has 0 saturated carbocycles. The number of halogens is 3. The van der Waals surface area contributed by atoms with Crippen molar-refractivity contribution in [3.63, 3.8) is 0 Å². The van der Waals surface area contributed by atoms with Gasteiger partial charge in [0.15, 0.2) is 11.6 Å². The SMILES string of the molecule is C[Si](C)(C)CCOCn1ccnc1-c1ncc(/C(=C/C(=O)C(F)(F)F)NCc2ccccn2)n1COCC[Si](C)(C)C. The van der Waals surface area contributed by atoms with Gasteiger partial charge in [-0.1, -0.05) is 45.3 Å². The minimum Gasteiger partial charge on any atom is -0.378 e. The summed E-state index contributed by atoms with van der Waals surface area (Å²) in [6.45, 7) is 14.9. The quantitative estimate of drug-likeness (QED) is 0.118. The molecule has 1 N–H and O–H groups in total. The molecule has 42 heavy (non-hydrogen) atoms.